The predicted octanol–water partition coefficient (Wildman–Crippen LogP) is 3.19. The van der Waals surface area contributed by atoms with Crippen LogP contribution >= 0.6 is 0 Å². The maximum Gasteiger partial charge on any atom is 0.315 e. The third-order valence-electron chi connectivity index (χ3n) is 6.87. The SMILES string of the molecule is CCOC(=O)C1(COc2ccc3c(c2)CN(C)CC3)CCN(c2ccc(C(=N)N)cc2)CC1. The van der Waals surface area contributed by atoms with Crippen LogP contribution in [0.1, 0.15) is 36.5 Å². The summed E-state index contributed by atoms with van der Waals surface area (Å²) in [6.07, 6.45) is 2.38. The molecule has 0 atom stereocenters. The molecule has 1 fully saturated rings. The molecule has 0 radical (unpaired) electrons. The van der Waals surface area contributed by atoms with Crippen molar-refractivity contribution in [3.8, 4) is 5.75 Å². The zero-order valence-corrected chi connectivity index (χ0v) is 19.6. The smallest absolute Gasteiger partial charge is 0.315 e. The largest absolute Gasteiger partial charge is 0.492 e. The second-order valence-electron chi connectivity index (χ2n) is 9.16. The van der Waals surface area contributed by atoms with Crippen molar-refractivity contribution >= 4 is 17.5 Å². The molecule has 0 aliphatic carbocycles. The number of nitrogens with zero attached hydrogens (tertiary/aromatic N) is 2. The topological polar surface area (TPSA) is 91.9 Å². The number of hydrogen-bond acceptors (Lipinski definition) is 6. The van der Waals surface area contributed by atoms with Crippen LogP contribution in [0.2, 0.25) is 0 Å². The van der Waals surface area contributed by atoms with E-state index < -0.39 is 5.41 Å². The van der Waals surface area contributed by atoms with Gasteiger partial charge in [0, 0.05) is 37.4 Å². The van der Waals surface area contributed by atoms with Gasteiger partial charge in [0.05, 0.1) is 6.61 Å². The van der Waals surface area contributed by atoms with E-state index >= 15 is 0 Å². The normalized spacial score (nSPS) is 17.8. The molecule has 2 aliphatic heterocycles. The molecule has 2 aliphatic rings. The van der Waals surface area contributed by atoms with Gasteiger partial charge in [-0.3, -0.25) is 10.2 Å². The number of piperidine rings is 1. The van der Waals surface area contributed by atoms with Crippen molar-refractivity contribution in [1.29, 1.82) is 5.41 Å². The summed E-state index contributed by atoms with van der Waals surface area (Å²) in [6, 6.07) is 14.0. The van der Waals surface area contributed by atoms with Crippen LogP contribution in [0.4, 0.5) is 5.69 Å². The standard InChI is InChI=1S/C26H34N4O3/c1-3-32-25(31)26(18-33-23-9-6-19-10-13-29(2)17-21(19)16-23)11-14-30(15-12-26)22-7-4-20(5-8-22)24(27)28/h4-9,16H,3,10-15,17-18H2,1-2H3,(H3,27,28). The van der Waals surface area contributed by atoms with Gasteiger partial charge in [-0.05, 0) is 80.8 Å². The van der Waals surface area contributed by atoms with Crippen molar-refractivity contribution < 1.29 is 14.3 Å². The van der Waals surface area contributed by atoms with Gasteiger partial charge in [0.25, 0.3) is 0 Å². The van der Waals surface area contributed by atoms with Crippen LogP contribution in [0.25, 0.3) is 0 Å². The summed E-state index contributed by atoms with van der Waals surface area (Å²) in [7, 11) is 2.13. The Morgan fingerprint density at radius 3 is 2.48 bits per heavy atom. The first kappa shape index (κ1) is 23.1. The van der Waals surface area contributed by atoms with Crippen molar-refractivity contribution in [3.05, 3.63) is 59.2 Å². The van der Waals surface area contributed by atoms with E-state index in [-0.39, 0.29) is 11.8 Å². The summed E-state index contributed by atoms with van der Waals surface area (Å²) in [5.74, 6) is 0.705. The van der Waals surface area contributed by atoms with Crippen molar-refractivity contribution in [2.24, 2.45) is 11.1 Å². The molecule has 2 aromatic carbocycles. The first-order valence-electron chi connectivity index (χ1n) is 11.7. The Hall–Kier alpha value is -3.06. The molecular formula is C26H34N4O3. The van der Waals surface area contributed by atoms with Crippen LogP contribution in [-0.2, 0) is 22.5 Å². The van der Waals surface area contributed by atoms with Gasteiger partial charge in [-0.15, -0.1) is 0 Å². The fraction of sp³-hybridized carbons (Fsp3) is 0.462. The highest BCUT2D eigenvalue weighted by Gasteiger charge is 2.44. The van der Waals surface area contributed by atoms with Crippen LogP contribution in [-0.4, -0.2) is 56.6 Å². The van der Waals surface area contributed by atoms with Crippen LogP contribution < -0.4 is 15.4 Å². The molecule has 3 N–H and O–H groups in total. The number of ether oxygens (including phenoxy) is 2. The summed E-state index contributed by atoms with van der Waals surface area (Å²) in [5.41, 5.74) is 9.37. The van der Waals surface area contributed by atoms with Crippen molar-refractivity contribution in [1.82, 2.24) is 4.90 Å². The molecule has 0 amide bonds. The van der Waals surface area contributed by atoms with Crippen LogP contribution in [0.3, 0.4) is 0 Å². The Morgan fingerprint density at radius 2 is 1.82 bits per heavy atom. The first-order valence-corrected chi connectivity index (χ1v) is 11.7. The lowest BCUT2D eigenvalue weighted by atomic mass is 9.79. The number of amidine groups is 1. The summed E-state index contributed by atoms with van der Waals surface area (Å²) < 4.78 is 11.7. The van der Waals surface area contributed by atoms with E-state index in [2.05, 4.69) is 29.0 Å². The lowest BCUT2D eigenvalue weighted by Gasteiger charge is -2.40. The van der Waals surface area contributed by atoms with E-state index in [9.17, 15) is 4.79 Å². The fourth-order valence-electron chi connectivity index (χ4n) is 4.72. The molecule has 7 heteroatoms. The van der Waals surface area contributed by atoms with Crippen LogP contribution in [0.15, 0.2) is 42.5 Å². The van der Waals surface area contributed by atoms with Gasteiger partial charge in [-0.1, -0.05) is 6.07 Å². The van der Waals surface area contributed by atoms with E-state index in [0.29, 0.717) is 31.6 Å². The number of rotatable bonds is 7. The summed E-state index contributed by atoms with van der Waals surface area (Å²) in [5, 5.41) is 7.56. The van der Waals surface area contributed by atoms with Crippen molar-refractivity contribution in [2.45, 2.75) is 32.7 Å². The van der Waals surface area contributed by atoms with Crippen LogP contribution in [0.5, 0.6) is 5.75 Å². The molecule has 0 spiro atoms. The van der Waals surface area contributed by atoms with Gasteiger partial charge in [-0.2, -0.15) is 0 Å². The number of carbonyl (C=O) groups is 1. The van der Waals surface area contributed by atoms with Gasteiger partial charge in [0.2, 0.25) is 0 Å². The lowest BCUT2D eigenvalue weighted by molar-refractivity contribution is -0.159. The highest BCUT2D eigenvalue weighted by Crippen LogP contribution is 2.36. The maximum absolute atomic E-state index is 13.0. The van der Waals surface area contributed by atoms with Gasteiger partial charge in [-0.25, -0.2) is 0 Å². The van der Waals surface area contributed by atoms with E-state index in [1.165, 1.54) is 11.1 Å². The molecule has 7 nitrogen and oxygen atoms in total. The van der Waals surface area contributed by atoms with Crippen molar-refractivity contribution in [3.63, 3.8) is 0 Å². The number of benzene rings is 2. The molecule has 4 rings (SSSR count). The molecule has 0 saturated carbocycles. The van der Waals surface area contributed by atoms with E-state index in [1.54, 1.807) is 0 Å². The summed E-state index contributed by atoms with van der Waals surface area (Å²) in [6.45, 7) is 5.99. The number of likely N-dealkylation sites (N-methyl/N-ethyl adjacent to an activating group) is 1. The van der Waals surface area contributed by atoms with E-state index in [4.69, 9.17) is 20.6 Å². The van der Waals surface area contributed by atoms with Gasteiger partial charge >= 0.3 is 5.97 Å². The average Bonchev–Trinajstić information content (AvgIpc) is 2.83. The Labute approximate surface area is 196 Å². The van der Waals surface area contributed by atoms with Gasteiger partial charge < -0.3 is 25.0 Å². The molecular weight excluding hydrogens is 416 g/mol. The second kappa shape index (κ2) is 9.83. The van der Waals surface area contributed by atoms with E-state index in [1.807, 2.05) is 37.3 Å². The lowest BCUT2D eigenvalue weighted by Crippen LogP contribution is -2.48. The minimum Gasteiger partial charge on any atom is -0.492 e. The molecule has 2 heterocycles. The molecule has 33 heavy (non-hydrogen) atoms. The summed E-state index contributed by atoms with van der Waals surface area (Å²) >= 11 is 0. The third-order valence-corrected chi connectivity index (χ3v) is 6.87. The molecule has 0 aromatic heterocycles. The Kier molecular flexibility index (Phi) is 6.88. The first-order chi connectivity index (χ1) is 15.9. The molecule has 0 unspecified atom stereocenters. The molecule has 0 bridgehead atoms. The maximum atomic E-state index is 13.0. The van der Waals surface area contributed by atoms with Gasteiger partial charge in [0.15, 0.2) is 0 Å². The monoisotopic (exact) mass is 450 g/mol. The molecule has 2 aromatic rings. The minimum atomic E-state index is -0.654. The number of fused-ring (bicyclic) bond motifs is 1. The Balaban J connectivity index is 1.45. The Morgan fingerprint density at radius 1 is 1.09 bits per heavy atom. The third kappa shape index (κ3) is 5.14. The second-order valence-corrected chi connectivity index (χ2v) is 9.16. The highest BCUT2D eigenvalue weighted by molar-refractivity contribution is 5.95. The number of esters is 1. The number of carbonyl (C=O) groups excluding carboxylic acids is 1. The molecule has 176 valence electrons. The zero-order chi connectivity index (χ0) is 23.4. The number of hydrogen-bond donors (Lipinski definition) is 2. The zero-order valence-electron chi connectivity index (χ0n) is 19.6. The van der Waals surface area contributed by atoms with Crippen molar-refractivity contribution in [2.75, 3.05) is 44.8 Å². The molecule has 1 saturated heterocycles. The predicted molar refractivity (Wildman–Crippen MR) is 130 cm³/mol. The fourth-order valence-corrected chi connectivity index (χ4v) is 4.72. The van der Waals surface area contributed by atoms with E-state index in [0.717, 1.165) is 44.0 Å². The minimum absolute atomic E-state index is 0.0625. The number of nitrogens with two attached hydrogens (primary N) is 1. The average molecular weight is 451 g/mol. The number of anilines is 1. The van der Waals surface area contributed by atoms with Crippen LogP contribution in [0, 0.1) is 10.8 Å². The highest BCUT2D eigenvalue weighted by atomic mass is 16.5. The van der Waals surface area contributed by atoms with Gasteiger partial charge in [0.1, 0.15) is 23.6 Å². The number of nitrogen functional groups attached to an aromatic ring is 1. The Bertz CT molecular complexity index is 997. The number of nitrogens with one attached hydrogen (secondary N) is 1. The summed E-state index contributed by atoms with van der Waals surface area (Å²) in [4.78, 5) is 17.6. The quantitative estimate of drug-likeness (QED) is 0.382.